The summed E-state index contributed by atoms with van der Waals surface area (Å²) < 4.78 is 42.2. The highest BCUT2D eigenvalue weighted by atomic mass is 19.4. The fourth-order valence-electron chi connectivity index (χ4n) is 1.44. The van der Waals surface area contributed by atoms with Gasteiger partial charge in [-0.25, -0.2) is 4.98 Å². The van der Waals surface area contributed by atoms with Gasteiger partial charge >= 0.3 is 6.18 Å². The first-order valence-corrected chi connectivity index (χ1v) is 5.48. The largest absolute Gasteiger partial charge is 0.433 e. The second-order valence-corrected chi connectivity index (χ2v) is 3.73. The van der Waals surface area contributed by atoms with Gasteiger partial charge in [-0.05, 0) is 12.1 Å². The summed E-state index contributed by atoms with van der Waals surface area (Å²) in [6.45, 7) is 0.225. The Morgan fingerprint density at radius 2 is 2.15 bits per heavy atom. The Morgan fingerprint density at radius 3 is 2.75 bits per heavy atom. The number of anilines is 1. The molecule has 0 saturated heterocycles. The van der Waals surface area contributed by atoms with Gasteiger partial charge < -0.3 is 9.84 Å². The van der Waals surface area contributed by atoms with Crippen molar-refractivity contribution in [1.82, 2.24) is 15.1 Å². The third-order valence-corrected chi connectivity index (χ3v) is 2.35. The van der Waals surface area contributed by atoms with E-state index in [1.165, 1.54) is 0 Å². The number of alkyl halides is 3. The van der Waals surface area contributed by atoms with Crippen LogP contribution in [-0.2, 0) is 12.6 Å². The van der Waals surface area contributed by atoms with Crippen molar-refractivity contribution >= 4 is 5.82 Å². The van der Waals surface area contributed by atoms with E-state index in [4.69, 9.17) is 5.26 Å². The van der Waals surface area contributed by atoms with Crippen molar-refractivity contribution < 1.29 is 17.7 Å². The van der Waals surface area contributed by atoms with E-state index in [2.05, 4.69) is 25.0 Å². The molecule has 0 spiro atoms. The van der Waals surface area contributed by atoms with E-state index in [1.54, 1.807) is 6.07 Å². The number of hydrogen-bond acceptors (Lipinski definition) is 6. The summed E-state index contributed by atoms with van der Waals surface area (Å²) in [6, 6.07) is 3.62. The highest BCUT2D eigenvalue weighted by Crippen LogP contribution is 2.29. The van der Waals surface area contributed by atoms with Crippen LogP contribution in [0.2, 0.25) is 0 Å². The molecule has 20 heavy (non-hydrogen) atoms. The fraction of sp³-hybridized carbons (Fsp3) is 0.273. The van der Waals surface area contributed by atoms with Crippen LogP contribution >= 0.6 is 0 Å². The molecular weight excluding hydrogens is 275 g/mol. The molecule has 0 radical (unpaired) electrons. The lowest BCUT2D eigenvalue weighted by Crippen LogP contribution is -2.13. The van der Waals surface area contributed by atoms with E-state index in [0.717, 1.165) is 18.5 Å². The molecule has 0 aliphatic carbocycles. The van der Waals surface area contributed by atoms with Gasteiger partial charge in [0.25, 0.3) is 0 Å². The molecule has 9 heteroatoms. The molecule has 2 rings (SSSR count). The molecule has 2 aromatic heterocycles. The third-order valence-electron chi connectivity index (χ3n) is 2.35. The molecule has 0 aromatic carbocycles. The lowest BCUT2D eigenvalue weighted by Gasteiger charge is -2.10. The lowest BCUT2D eigenvalue weighted by atomic mass is 10.2. The molecule has 2 heterocycles. The molecule has 0 bridgehead atoms. The van der Waals surface area contributed by atoms with E-state index >= 15 is 0 Å². The molecule has 0 unspecified atom stereocenters. The summed E-state index contributed by atoms with van der Waals surface area (Å²) in [5, 5.41) is 15.1. The number of aromatic nitrogens is 3. The molecule has 0 aliphatic heterocycles. The third kappa shape index (κ3) is 3.23. The van der Waals surface area contributed by atoms with Gasteiger partial charge in [0.1, 0.15) is 17.6 Å². The SMILES string of the molecule is N#Cc1ccc(C(F)(F)F)nc1NCCc1ncon1. The molecule has 0 saturated carbocycles. The van der Waals surface area contributed by atoms with Gasteiger partial charge in [0.15, 0.2) is 5.82 Å². The summed E-state index contributed by atoms with van der Waals surface area (Å²) in [4.78, 5) is 7.17. The smallest absolute Gasteiger partial charge is 0.369 e. The zero-order chi connectivity index (χ0) is 14.6. The van der Waals surface area contributed by atoms with Crippen LogP contribution in [0, 0.1) is 11.3 Å². The Labute approximate surface area is 111 Å². The number of nitriles is 1. The van der Waals surface area contributed by atoms with Crippen molar-refractivity contribution in [3.63, 3.8) is 0 Å². The van der Waals surface area contributed by atoms with Crippen molar-refractivity contribution in [2.75, 3.05) is 11.9 Å². The van der Waals surface area contributed by atoms with Gasteiger partial charge in [0, 0.05) is 13.0 Å². The number of hydrogen-bond donors (Lipinski definition) is 1. The highest BCUT2D eigenvalue weighted by Gasteiger charge is 2.33. The van der Waals surface area contributed by atoms with Gasteiger partial charge in [0.2, 0.25) is 6.39 Å². The monoisotopic (exact) mass is 283 g/mol. The minimum absolute atomic E-state index is 0.0334. The van der Waals surface area contributed by atoms with Crippen molar-refractivity contribution in [3.8, 4) is 6.07 Å². The molecule has 1 N–H and O–H groups in total. The van der Waals surface area contributed by atoms with E-state index in [9.17, 15) is 13.2 Å². The Kier molecular flexibility index (Phi) is 3.84. The van der Waals surface area contributed by atoms with Crippen LogP contribution in [0.4, 0.5) is 19.0 Å². The number of nitrogens with zero attached hydrogens (tertiary/aromatic N) is 4. The van der Waals surface area contributed by atoms with Gasteiger partial charge in [0.05, 0.1) is 5.56 Å². The van der Waals surface area contributed by atoms with Crippen molar-refractivity contribution in [2.24, 2.45) is 0 Å². The van der Waals surface area contributed by atoms with E-state index in [0.29, 0.717) is 12.2 Å². The summed E-state index contributed by atoms with van der Waals surface area (Å²) in [7, 11) is 0. The van der Waals surface area contributed by atoms with Crippen LogP contribution in [0.15, 0.2) is 23.0 Å². The first kappa shape index (κ1) is 13.8. The molecule has 0 atom stereocenters. The molecule has 2 aromatic rings. The number of halogens is 3. The minimum Gasteiger partial charge on any atom is -0.369 e. The Morgan fingerprint density at radius 1 is 1.35 bits per heavy atom. The quantitative estimate of drug-likeness (QED) is 0.923. The van der Waals surface area contributed by atoms with E-state index < -0.39 is 11.9 Å². The number of rotatable bonds is 4. The predicted octanol–water partition coefficient (Wildman–Crippen LogP) is 2.01. The maximum absolute atomic E-state index is 12.5. The summed E-state index contributed by atoms with van der Waals surface area (Å²) in [5.41, 5.74) is -1.02. The van der Waals surface area contributed by atoms with Crippen molar-refractivity contribution in [2.45, 2.75) is 12.6 Å². The standard InChI is InChI=1S/C11H8F3N5O/c12-11(13,14)8-2-1-7(5-15)10(18-8)16-4-3-9-17-6-20-19-9/h1-2,6H,3-4H2,(H,16,18). The van der Waals surface area contributed by atoms with Crippen molar-refractivity contribution in [3.05, 3.63) is 35.6 Å². The molecule has 6 nitrogen and oxygen atoms in total. The highest BCUT2D eigenvalue weighted by molar-refractivity contribution is 5.52. The minimum atomic E-state index is -4.56. The number of pyridine rings is 1. The summed E-state index contributed by atoms with van der Waals surface area (Å²) >= 11 is 0. The van der Waals surface area contributed by atoms with Gasteiger partial charge in [-0.1, -0.05) is 5.16 Å². The first-order chi connectivity index (χ1) is 9.50. The Balaban J connectivity index is 2.11. The average molecular weight is 283 g/mol. The topological polar surface area (TPSA) is 87.6 Å². The Bertz CT molecular complexity index is 618. The molecule has 0 fully saturated rings. The normalized spacial score (nSPS) is 11.1. The lowest BCUT2D eigenvalue weighted by molar-refractivity contribution is -0.141. The average Bonchev–Trinajstić information content (AvgIpc) is 2.90. The molecular formula is C11H8F3N5O. The molecule has 0 aliphatic rings. The maximum atomic E-state index is 12.5. The van der Waals surface area contributed by atoms with Crippen LogP contribution < -0.4 is 5.32 Å². The second kappa shape index (κ2) is 5.56. The summed E-state index contributed by atoms with van der Waals surface area (Å²) in [6.07, 6.45) is -3.07. The second-order valence-electron chi connectivity index (χ2n) is 3.73. The molecule has 104 valence electrons. The van der Waals surface area contributed by atoms with Gasteiger partial charge in [-0.15, -0.1) is 0 Å². The van der Waals surface area contributed by atoms with Gasteiger partial charge in [-0.2, -0.15) is 23.4 Å². The maximum Gasteiger partial charge on any atom is 0.433 e. The zero-order valence-corrected chi connectivity index (χ0v) is 9.98. The molecule has 0 amide bonds. The Hall–Kier alpha value is -2.63. The van der Waals surface area contributed by atoms with Crippen LogP contribution in [0.25, 0.3) is 0 Å². The summed E-state index contributed by atoms with van der Waals surface area (Å²) in [5.74, 6) is 0.286. The number of nitrogens with one attached hydrogen (secondary N) is 1. The van der Waals surface area contributed by atoms with Gasteiger partial charge in [-0.3, -0.25) is 0 Å². The zero-order valence-electron chi connectivity index (χ0n) is 9.98. The van der Waals surface area contributed by atoms with E-state index in [1.807, 2.05) is 0 Å². The fourth-order valence-corrected chi connectivity index (χ4v) is 1.44. The van der Waals surface area contributed by atoms with Crippen molar-refractivity contribution in [1.29, 1.82) is 5.26 Å². The first-order valence-electron chi connectivity index (χ1n) is 5.48. The van der Waals surface area contributed by atoms with Crippen LogP contribution in [0.1, 0.15) is 17.1 Å². The predicted molar refractivity (Wildman–Crippen MR) is 60.4 cm³/mol. The van der Waals surface area contributed by atoms with Crippen LogP contribution in [0.3, 0.4) is 0 Å². The van der Waals surface area contributed by atoms with Crippen LogP contribution in [-0.4, -0.2) is 21.7 Å². The van der Waals surface area contributed by atoms with Crippen LogP contribution in [0.5, 0.6) is 0 Å². The van der Waals surface area contributed by atoms with E-state index in [-0.39, 0.29) is 17.9 Å².